The average Bonchev–Trinajstić information content (AvgIpc) is 2.13. The Balaban J connectivity index is -0.0000000361. The number of carboxylic acids is 4. The molecule has 0 radical (unpaired) electrons. The van der Waals surface area contributed by atoms with Gasteiger partial charge in [-0.2, -0.15) is 0 Å². The van der Waals surface area contributed by atoms with E-state index in [0.29, 0.717) is 5.82 Å². The fraction of sp³-hybridized carbons (Fsp3) is 0.455. The first-order chi connectivity index (χ1) is 9.20. The zero-order chi connectivity index (χ0) is 18.6. The number of carbonyl (C=O) groups is 4. The third kappa shape index (κ3) is 8200. The van der Waals surface area contributed by atoms with Gasteiger partial charge in [-0.05, 0) is 13.0 Å². The molecule has 0 heterocycles. The molecule has 0 aromatic carbocycles. The van der Waals surface area contributed by atoms with E-state index >= 15 is 0 Å². The molecule has 11 heteroatoms. The van der Waals surface area contributed by atoms with E-state index in [4.69, 9.17) is 51.1 Å². The first-order valence-corrected chi connectivity index (χ1v) is 5.15. The number of hydrogen-bond donors (Lipinski definition) is 6. The summed E-state index contributed by atoms with van der Waals surface area (Å²) >= 11 is 0. The van der Waals surface area contributed by atoms with Gasteiger partial charge < -0.3 is 31.9 Å². The molecule has 8 N–H and O–H groups in total. The summed E-state index contributed by atoms with van der Waals surface area (Å²) in [4.78, 5) is 36.0. The van der Waals surface area contributed by atoms with E-state index < -0.39 is 23.9 Å². The van der Waals surface area contributed by atoms with Crippen molar-refractivity contribution in [2.24, 2.45) is 11.5 Å². The third-order valence-electron chi connectivity index (χ3n) is 0.333. The number of carboxylic acid groups (broad SMARTS) is 4. The molecule has 0 atom stereocenters. The summed E-state index contributed by atoms with van der Waals surface area (Å²) < 4.78 is 0. The molecule has 22 heavy (non-hydrogen) atoms. The molecule has 0 bridgehead atoms. The van der Waals surface area contributed by atoms with E-state index in [1.807, 2.05) is 0 Å². The van der Waals surface area contributed by atoms with Gasteiger partial charge in [-0.3, -0.25) is 19.2 Å². The van der Waals surface area contributed by atoms with Gasteiger partial charge in [-0.15, -0.1) is 0 Å². The molecular weight excluding hydrogens is 327 g/mol. The van der Waals surface area contributed by atoms with Gasteiger partial charge in [0, 0.05) is 27.7 Å². The predicted octanol–water partition coefficient (Wildman–Crippen LogP) is -0.520. The predicted molar refractivity (Wildman–Crippen MR) is 82.5 cm³/mol. The summed E-state index contributed by atoms with van der Waals surface area (Å²) in [6, 6.07) is 0. The quantitative estimate of drug-likeness (QED) is 0.308. The zero-order valence-corrected chi connectivity index (χ0v) is 12.7. The van der Waals surface area contributed by atoms with Crippen molar-refractivity contribution in [2.75, 3.05) is 0 Å². The van der Waals surface area contributed by atoms with E-state index in [0.717, 1.165) is 27.7 Å². The fourth-order valence-corrected chi connectivity index (χ4v) is 0. The molecule has 0 saturated carbocycles. The van der Waals surface area contributed by atoms with Crippen LogP contribution in [0.1, 0.15) is 34.6 Å². The van der Waals surface area contributed by atoms with Crippen LogP contribution in [0, 0.1) is 0 Å². The van der Waals surface area contributed by atoms with Crippen LogP contribution in [0.15, 0.2) is 11.9 Å². The topological polar surface area (TPSA) is 201 Å². The summed E-state index contributed by atoms with van der Waals surface area (Å²) in [7, 11) is 0. The second kappa shape index (κ2) is 32.0. The second-order valence-electron chi connectivity index (χ2n) is 2.86. The van der Waals surface area contributed by atoms with Gasteiger partial charge in [0.15, 0.2) is 0 Å². The van der Waals surface area contributed by atoms with Gasteiger partial charge in [-0.1, -0.05) is 0 Å². The third-order valence-corrected chi connectivity index (χ3v) is 0.333. The molecule has 10 nitrogen and oxygen atoms in total. The normalized spacial score (nSPS) is 6.05. The van der Waals surface area contributed by atoms with E-state index in [-0.39, 0.29) is 51.4 Å². The van der Waals surface area contributed by atoms with E-state index in [9.17, 15) is 0 Å². The average molecular weight is 352 g/mol. The maximum absolute atomic E-state index is 9.00. The molecule has 128 valence electrons. The van der Waals surface area contributed by atoms with E-state index in [1.165, 1.54) is 0 Å². The van der Waals surface area contributed by atoms with Crippen molar-refractivity contribution in [3.8, 4) is 0 Å². The van der Waals surface area contributed by atoms with Crippen molar-refractivity contribution >= 4 is 75.3 Å². The van der Waals surface area contributed by atoms with Gasteiger partial charge in [-0.25, -0.2) is 0 Å². The Bertz CT molecular complexity index is 264. The summed E-state index contributed by atoms with van der Waals surface area (Å²) in [5.74, 6) is -2.95. The number of allylic oxidation sites excluding steroid dienone is 1. The van der Waals surface area contributed by atoms with Crippen molar-refractivity contribution in [2.45, 2.75) is 34.6 Å². The minimum atomic E-state index is -0.833. The van der Waals surface area contributed by atoms with Crippen LogP contribution in [0.3, 0.4) is 0 Å². The van der Waals surface area contributed by atoms with Crippen LogP contribution in [0.5, 0.6) is 0 Å². The van der Waals surface area contributed by atoms with Gasteiger partial charge in [0.05, 0.1) is 5.82 Å². The molecule has 0 unspecified atom stereocenters. The Morgan fingerprint density at radius 1 is 0.682 bits per heavy atom. The van der Waals surface area contributed by atoms with Crippen LogP contribution in [-0.4, -0.2) is 95.7 Å². The van der Waals surface area contributed by atoms with Crippen LogP contribution < -0.4 is 11.5 Å². The first-order valence-electron chi connectivity index (χ1n) is 5.15. The molecule has 0 amide bonds. The van der Waals surface area contributed by atoms with Crippen molar-refractivity contribution in [1.29, 1.82) is 0 Å². The number of aliphatic carboxylic acids is 4. The van der Waals surface area contributed by atoms with Gasteiger partial charge in [0.25, 0.3) is 23.9 Å². The summed E-state index contributed by atoms with van der Waals surface area (Å²) in [6.07, 6.45) is 1.64. The van der Waals surface area contributed by atoms with E-state index in [2.05, 4.69) is 0 Å². The molecule has 0 aliphatic heterocycles. The summed E-state index contributed by atoms with van der Waals surface area (Å²) in [5.41, 5.74) is 9.86. The van der Waals surface area contributed by atoms with Gasteiger partial charge in [0.2, 0.25) is 0 Å². The van der Waals surface area contributed by atoms with Crippen molar-refractivity contribution in [3.05, 3.63) is 11.9 Å². The minimum absolute atomic E-state index is 0. The second-order valence-corrected chi connectivity index (χ2v) is 2.86. The van der Waals surface area contributed by atoms with Gasteiger partial charge in [0.1, 0.15) is 0 Å². The zero-order valence-electron chi connectivity index (χ0n) is 12.7. The Labute approximate surface area is 171 Å². The number of rotatable bonds is 0. The Morgan fingerprint density at radius 2 is 0.727 bits per heavy atom. The van der Waals surface area contributed by atoms with Crippen LogP contribution in [-0.2, 0) is 19.2 Å². The first kappa shape index (κ1) is 37.3. The number of nitrogens with two attached hydrogens (primary N) is 2. The summed E-state index contributed by atoms with van der Waals surface area (Å²) in [5, 5.41) is 29.7. The number of hydrogen-bond acceptors (Lipinski definition) is 6. The fourth-order valence-electron chi connectivity index (χ4n) is 0. The summed E-state index contributed by atoms with van der Waals surface area (Å²) in [6.45, 7) is 6.12. The standard InChI is InChI=1S/C3H8N2.4C2H4O2.K.H/c1-2-3(4)5;4*1-2(3)4;;/h2H,4-5H2,1H3;4*1H3,(H,3,4);;. The molecule has 0 aliphatic rings. The Hall–Kier alpha value is -1.14. The van der Waals surface area contributed by atoms with Crippen LogP contribution >= 0.6 is 0 Å². The van der Waals surface area contributed by atoms with Crippen molar-refractivity contribution in [3.63, 3.8) is 0 Å². The Morgan fingerprint density at radius 3 is 0.727 bits per heavy atom. The molecular formula is C11H25KN2O8. The maximum atomic E-state index is 9.00. The molecule has 0 aliphatic carbocycles. The molecule has 0 fully saturated rings. The SMILES string of the molecule is CC(=O)O.CC(=O)O.CC(=O)O.CC(=O)O.CC=C(N)N.[KH]. The van der Waals surface area contributed by atoms with Crippen LogP contribution in [0.25, 0.3) is 0 Å². The Kier molecular flexibility index (Phi) is 54.2. The monoisotopic (exact) mass is 352 g/mol. The molecule has 0 rings (SSSR count). The van der Waals surface area contributed by atoms with Crippen molar-refractivity contribution in [1.82, 2.24) is 0 Å². The van der Waals surface area contributed by atoms with Crippen molar-refractivity contribution < 1.29 is 39.6 Å². The van der Waals surface area contributed by atoms with Crippen LogP contribution in [0.4, 0.5) is 0 Å². The van der Waals surface area contributed by atoms with E-state index in [1.54, 1.807) is 13.0 Å². The molecule has 0 saturated heterocycles. The molecule has 0 spiro atoms. The van der Waals surface area contributed by atoms with Crippen LogP contribution in [0.2, 0.25) is 0 Å². The van der Waals surface area contributed by atoms with Gasteiger partial charge >= 0.3 is 51.4 Å². The molecule has 0 aromatic rings. The molecule has 0 aromatic heterocycles.